The zero-order valence-electron chi connectivity index (χ0n) is 12.1. The Morgan fingerprint density at radius 2 is 1.91 bits per heavy atom. The molecule has 0 spiro atoms. The van der Waals surface area contributed by atoms with Crippen LogP contribution in [0.2, 0.25) is 5.02 Å². The molecule has 0 radical (unpaired) electrons. The molecule has 0 unspecified atom stereocenters. The summed E-state index contributed by atoms with van der Waals surface area (Å²) in [6, 6.07) is 7.31. The van der Waals surface area contributed by atoms with Crippen molar-refractivity contribution in [3.8, 4) is 0 Å². The molecule has 0 saturated carbocycles. The Bertz CT molecular complexity index is 792. The highest BCUT2D eigenvalue weighted by Crippen LogP contribution is 2.32. The number of carbonyl (C=O) groups is 2. The van der Waals surface area contributed by atoms with Gasteiger partial charge in [0.2, 0.25) is 0 Å². The van der Waals surface area contributed by atoms with Crippen LogP contribution in [-0.4, -0.2) is 22.2 Å². The Balaban J connectivity index is 2.49. The third kappa shape index (κ3) is 3.78. The summed E-state index contributed by atoms with van der Waals surface area (Å²) in [5, 5.41) is 20.6. The molecule has 0 heterocycles. The summed E-state index contributed by atoms with van der Waals surface area (Å²) in [5.74, 6) is -3.46. The maximum Gasteiger partial charge on any atom is 0.338 e. The topological polar surface area (TPSA) is 86.6 Å². The van der Waals surface area contributed by atoms with E-state index in [2.05, 4.69) is 5.32 Å². The minimum atomic E-state index is -1.42. The Hall–Kier alpha value is -2.60. The second kappa shape index (κ2) is 6.66. The Morgan fingerprint density at radius 1 is 1.22 bits per heavy atom. The van der Waals surface area contributed by atoms with E-state index in [4.69, 9.17) is 21.8 Å². The minimum absolute atomic E-state index is 0.00523. The van der Waals surface area contributed by atoms with E-state index < -0.39 is 23.3 Å². The smallest absolute Gasteiger partial charge is 0.338 e. The van der Waals surface area contributed by atoms with Crippen LogP contribution in [0.15, 0.2) is 30.3 Å². The Morgan fingerprint density at radius 3 is 2.52 bits per heavy atom. The average Bonchev–Trinajstić information content (AvgIpc) is 2.44. The lowest BCUT2D eigenvalue weighted by atomic mass is 10.1. The molecule has 2 aromatic carbocycles. The molecular formula is C16H13ClFNO4. The van der Waals surface area contributed by atoms with Gasteiger partial charge < -0.3 is 15.5 Å². The zero-order chi connectivity index (χ0) is 17.1. The maximum atomic E-state index is 14.3. The summed E-state index contributed by atoms with van der Waals surface area (Å²) in [5.41, 5.74) is 0.901. The molecule has 5 nitrogen and oxygen atoms in total. The predicted molar refractivity (Wildman–Crippen MR) is 84.2 cm³/mol. The van der Waals surface area contributed by atoms with Gasteiger partial charge in [-0.3, -0.25) is 4.79 Å². The van der Waals surface area contributed by atoms with E-state index >= 15 is 0 Å². The second-order valence-electron chi connectivity index (χ2n) is 4.95. The van der Waals surface area contributed by atoms with Gasteiger partial charge in [0, 0.05) is 5.69 Å². The average molecular weight is 338 g/mol. The van der Waals surface area contributed by atoms with E-state index in [1.807, 2.05) is 0 Å². The summed E-state index contributed by atoms with van der Waals surface area (Å²) < 4.78 is 14.3. The van der Waals surface area contributed by atoms with Crippen molar-refractivity contribution in [2.45, 2.75) is 13.3 Å². The van der Waals surface area contributed by atoms with Gasteiger partial charge >= 0.3 is 11.9 Å². The molecular weight excluding hydrogens is 325 g/mol. The Kier molecular flexibility index (Phi) is 4.86. The molecule has 0 amide bonds. The van der Waals surface area contributed by atoms with Crippen molar-refractivity contribution in [3.63, 3.8) is 0 Å². The van der Waals surface area contributed by atoms with Gasteiger partial charge in [-0.2, -0.15) is 0 Å². The van der Waals surface area contributed by atoms with Crippen LogP contribution in [0.5, 0.6) is 0 Å². The monoisotopic (exact) mass is 337 g/mol. The van der Waals surface area contributed by atoms with Crippen molar-refractivity contribution < 1.29 is 24.2 Å². The maximum absolute atomic E-state index is 14.3. The number of rotatable bonds is 5. The first-order valence-electron chi connectivity index (χ1n) is 6.59. The highest BCUT2D eigenvalue weighted by atomic mass is 35.5. The summed E-state index contributed by atoms with van der Waals surface area (Å²) in [6.07, 6.45) is -0.262. The van der Waals surface area contributed by atoms with Crippen LogP contribution in [0.3, 0.4) is 0 Å². The summed E-state index contributed by atoms with van der Waals surface area (Å²) in [7, 11) is 0. The second-order valence-corrected chi connectivity index (χ2v) is 5.35. The third-order valence-corrected chi connectivity index (χ3v) is 3.50. The van der Waals surface area contributed by atoms with Crippen LogP contribution in [0.4, 0.5) is 15.8 Å². The molecule has 0 aliphatic rings. The van der Waals surface area contributed by atoms with E-state index in [-0.39, 0.29) is 17.1 Å². The highest BCUT2D eigenvalue weighted by molar-refractivity contribution is 6.33. The molecule has 2 rings (SSSR count). The van der Waals surface area contributed by atoms with Gasteiger partial charge in [-0.15, -0.1) is 0 Å². The lowest BCUT2D eigenvalue weighted by Gasteiger charge is -2.14. The molecule has 120 valence electrons. The number of hydrogen-bond acceptors (Lipinski definition) is 3. The largest absolute Gasteiger partial charge is 0.481 e. The fourth-order valence-electron chi connectivity index (χ4n) is 2.12. The van der Waals surface area contributed by atoms with Crippen LogP contribution in [0, 0.1) is 12.7 Å². The van der Waals surface area contributed by atoms with Crippen molar-refractivity contribution in [1.29, 1.82) is 0 Å². The normalized spacial score (nSPS) is 10.4. The van der Waals surface area contributed by atoms with Gasteiger partial charge in [-0.25, -0.2) is 9.18 Å². The first-order chi connectivity index (χ1) is 10.8. The summed E-state index contributed by atoms with van der Waals surface area (Å²) in [6.45, 7) is 1.80. The number of carboxylic acid groups (broad SMARTS) is 2. The molecule has 0 atom stereocenters. The number of benzene rings is 2. The zero-order valence-corrected chi connectivity index (χ0v) is 12.8. The van der Waals surface area contributed by atoms with Gasteiger partial charge in [0.05, 0.1) is 22.7 Å². The van der Waals surface area contributed by atoms with Gasteiger partial charge in [0.25, 0.3) is 0 Å². The van der Waals surface area contributed by atoms with Crippen molar-refractivity contribution in [2.75, 3.05) is 5.32 Å². The minimum Gasteiger partial charge on any atom is -0.481 e. The van der Waals surface area contributed by atoms with E-state index in [1.165, 1.54) is 6.07 Å². The third-order valence-electron chi connectivity index (χ3n) is 3.18. The van der Waals surface area contributed by atoms with E-state index in [1.54, 1.807) is 25.1 Å². The van der Waals surface area contributed by atoms with Crippen LogP contribution < -0.4 is 5.32 Å². The lowest BCUT2D eigenvalue weighted by molar-refractivity contribution is -0.136. The number of nitrogens with one attached hydrogen (secondary N) is 1. The van der Waals surface area contributed by atoms with E-state index in [9.17, 15) is 14.0 Å². The number of aliphatic carboxylic acids is 1. The molecule has 0 aliphatic heterocycles. The van der Waals surface area contributed by atoms with Gasteiger partial charge in [0.15, 0.2) is 5.82 Å². The SMILES string of the molecule is Cc1ccc(Nc2c(Cl)ccc(C(=O)O)c2F)c(CC(=O)O)c1. The van der Waals surface area contributed by atoms with Crippen molar-refractivity contribution in [2.24, 2.45) is 0 Å². The number of aromatic carboxylic acids is 1. The van der Waals surface area contributed by atoms with Gasteiger partial charge in [-0.1, -0.05) is 29.3 Å². The van der Waals surface area contributed by atoms with Crippen molar-refractivity contribution in [1.82, 2.24) is 0 Å². The van der Waals surface area contributed by atoms with Gasteiger partial charge in [-0.05, 0) is 30.7 Å². The van der Waals surface area contributed by atoms with Crippen LogP contribution >= 0.6 is 11.6 Å². The van der Waals surface area contributed by atoms with Gasteiger partial charge in [0.1, 0.15) is 0 Å². The quantitative estimate of drug-likeness (QED) is 0.771. The number of carboxylic acids is 2. The number of hydrogen-bond donors (Lipinski definition) is 3. The van der Waals surface area contributed by atoms with Crippen LogP contribution in [-0.2, 0) is 11.2 Å². The van der Waals surface area contributed by atoms with Crippen molar-refractivity contribution in [3.05, 3.63) is 57.9 Å². The first kappa shape index (κ1) is 16.8. The molecule has 0 aromatic heterocycles. The molecule has 0 bridgehead atoms. The van der Waals surface area contributed by atoms with Crippen LogP contribution in [0.25, 0.3) is 0 Å². The van der Waals surface area contributed by atoms with Crippen molar-refractivity contribution >= 4 is 34.9 Å². The first-order valence-corrected chi connectivity index (χ1v) is 6.97. The fourth-order valence-corrected chi connectivity index (χ4v) is 2.31. The van der Waals surface area contributed by atoms with E-state index in [0.29, 0.717) is 11.3 Å². The molecule has 0 aliphatic carbocycles. The molecule has 23 heavy (non-hydrogen) atoms. The number of aryl methyl sites for hydroxylation is 1. The summed E-state index contributed by atoms with van der Waals surface area (Å²) in [4.78, 5) is 22.0. The van der Waals surface area contributed by atoms with E-state index in [0.717, 1.165) is 11.6 Å². The molecule has 0 fully saturated rings. The number of anilines is 2. The fraction of sp³-hybridized carbons (Fsp3) is 0.125. The molecule has 0 saturated heterocycles. The van der Waals surface area contributed by atoms with Crippen LogP contribution in [0.1, 0.15) is 21.5 Å². The molecule has 7 heteroatoms. The standard InChI is InChI=1S/C16H13ClFNO4/c1-8-2-5-12(9(6-8)7-13(20)21)19-15-11(17)4-3-10(14(15)18)16(22)23/h2-6,19H,7H2,1H3,(H,20,21)(H,22,23). The molecule has 2 aromatic rings. The highest BCUT2D eigenvalue weighted by Gasteiger charge is 2.18. The predicted octanol–water partition coefficient (Wildman–Crippen LogP) is 3.86. The number of halogens is 2. The Labute approximate surface area is 136 Å². The summed E-state index contributed by atoms with van der Waals surface area (Å²) >= 11 is 5.93. The lowest BCUT2D eigenvalue weighted by Crippen LogP contribution is -2.07. The molecule has 3 N–H and O–H groups in total.